The molecule has 0 aromatic heterocycles. The summed E-state index contributed by atoms with van der Waals surface area (Å²) in [5.74, 6) is 0. The minimum absolute atomic E-state index is 0.978. The van der Waals surface area contributed by atoms with Crippen molar-refractivity contribution < 1.29 is 4.70 Å². The molecule has 166 valence electrons. The predicted octanol–water partition coefficient (Wildman–Crippen LogP) is 8.72. The molecule has 3 aromatic carbocycles. The maximum atomic E-state index is 4.92. The molecule has 2 heteroatoms. The smallest absolute Gasteiger partial charge is 0.0909 e. The Bertz CT molecular complexity index is 1150. The summed E-state index contributed by atoms with van der Waals surface area (Å²) in [7, 11) is 2.03. The van der Waals surface area contributed by atoms with Gasteiger partial charge in [0.25, 0.3) is 0 Å². The van der Waals surface area contributed by atoms with Crippen LogP contribution in [0.25, 0.3) is 17.2 Å². The number of rotatable bonds is 7. The van der Waals surface area contributed by atoms with Crippen LogP contribution in [-0.2, 0) is 6.42 Å². The molecule has 0 unspecified atom stereocenters. The molecule has 32 heavy (non-hydrogen) atoms. The van der Waals surface area contributed by atoms with Gasteiger partial charge in [0.1, 0.15) is 5.69 Å². The summed E-state index contributed by atoms with van der Waals surface area (Å²) in [6, 6.07) is 19.6. The molecule has 3 rings (SSSR count). The molecule has 0 aliphatic rings. The van der Waals surface area contributed by atoms with Crippen LogP contribution in [0, 0.1) is 27.7 Å². The van der Waals surface area contributed by atoms with Gasteiger partial charge in [0.2, 0.25) is 5.70 Å². The lowest BCUT2D eigenvalue weighted by Crippen LogP contribution is -2.00. The molecule has 0 atom stereocenters. The second kappa shape index (κ2) is 10.5. The van der Waals surface area contributed by atoms with Gasteiger partial charge in [-0.3, -0.25) is 0 Å². The van der Waals surface area contributed by atoms with Gasteiger partial charge in [0, 0.05) is 13.0 Å². The van der Waals surface area contributed by atoms with Gasteiger partial charge in [0.05, 0.1) is 0 Å². The van der Waals surface area contributed by atoms with Crippen molar-refractivity contribution >= 4 is 11.8 Å². The number of hydrogen-bond acceptors (Lipinski definition) is 1. The van der Waals surface area contributed by atoms with E-state index < -0.39 is 0 Å². The summed E-state index contributed by atoms with van der Waals surface area (Å²) in [6.07, 6.45) is 5.85. The monoisotopic (exact) mass is 425 g/mol. The van der Waals surface area contributed by atoms with E-state index in [1.165, 1.54) is 57.3 Å². The van der Waals surface area contributed by atoms with E-state index in [2.05, 4.69) is 102 Å². The highest BCUT2D eigenvalue weighted by Crippen LogP contribution is 2.31. The van der Waals surface area contributed by atoms with Gasteiger partial charge in [-0.15, -0.1) is 0 Å². The van der Waals surface area contributed by atoms with Gasteiger partial charge in [-0.1, -0.05) is 60.5 Å². The van der Waals surface area contributed by atoms with Gasteiger partial charge in [-0.25, -0.2) is 0 Å². The number of unbranched alkanes of at least 4 members (excludes halogenated alkanes) is 1. The van der Waals surface area contributed by atoms with E-state index in [9.17, 15) is 0 Å². The summed E-state index contributed by atoms with van der Waals surface area (Å²) in [4.78, 5) is 0. The van der Waals surface area contributed by atoms with E-state index in [4.69, 9.17) is 5.11 Å². The van der Waals surface area contributed by atoms with E-state index in [0.29, 0.717) is 0 Å². The Morgan fingerprint density at radius 2 is 1.59 bits per heavy atom. The molecule has 0 heterocycles. The van der Waals surface area contributed by atoms with E-state index in [-0.39, 0.29) is 0 Å². The fourth-order valence-corrected chi connectivity index (χ4v) is 4.08. The molecule has 0 N–H and O–H groups in total. The first-order chi connectivity index (χ1) is 15.3. The van der Waals surface area contributed by atoms with Crippen molar-refractivity contribution in [3.63, 3.8) is 0 Å². The van der Waals surface area contributed by atoms with Crippen LogP contribution in [-0.4, -0.2) is 11.7 Å². The summed E-state index contributed by atoms with van der Waals surface area (Å²) < 4.78 is 1.99. The third-order valence-electron chi connectivity index (χ3n) is 6.49. The third kappa shape index (κ3) is 5.62. The number of allylic oxidation sites excluding steroid dienone is 1. The lowest BCUT2D eigenvalue weighted by Gasteiger charge is -2.11. The van der Waals surface area contributed by atoms with Crippen LogP contribution >= 0.6 is 0 Å². The molecule has 0 fully saturated rings. The fraction of sp³-hybridized carbons (Fsp3) is 0.333. The lowest BCUT2D eigenvalue weighted by atomic mass is 9.95. The average Bonchev–Trinajstić information content (AvgIpc) is 2.78. The number of nitrogens with zero attached hydrogens (tertiary/aromatic N) is 2. The number of hydrogen-bond donors (Lipinski definition) is 0. The molecular formula is C30H37N2+. The molecule has 0 radical (unpaired) electrons. The molecule has 0 saturated heterocycles. The van der Waals surface area contributed by atoms with Crippen molar-refractivity contribution in [1.82, 2.24) is 0 Å². The molecule has 0 bridgehead atoms. The van der Waals surface area contributed by atoms with Gasteiger partial charge >= 0.3 is 0 Å². The van der Waals surface area contributed by atoms with E-state index in [0.717, 1.165) is 17.8 Å². The summed E-state index contributed by atoms with van der Waals surface area (Å²) in [5.41, 5.74) is 12.6. The minimum atomic E-state index is 0.978. The van der Waals surface area contributed by atoms with Crippen LogP contribution in [0.4, 0.5) is 5.69 Å². The van der Waals surface area contributed by atoms with Crippen molar-refractivity contribution in [2.45, 2.75) is 60.8 Å². The van der Waals surface area contributed by atoms with Crippen molar-refractivity contribution in [1.29, 1.82) is 0 Å². The third-order valence-corrected chi connectivity index (χ3v) is 6.49. The van der Waals surface area contributed by atoms with E-state index >= 15 is 0 Å². The highest BCUT2D eigenvalue weighted by molar-refractivity contribution is 5.72. The average molecular weight is 426 g/mol. The lowest BCUT2D eigenvalue weighted by molar-refractivity contribution is -0.510. The van der Waals surface area contributed by atoms with Crippen molar-refractivity contribution in [3.05, 3.63) is 93.7 Å². The predicted molar refractivity (Wildman–Crippen MR) is 138 cm³/mol. The van der Waals surface area contributed by atoms with Crippen LogP contribution in [0.5, 0.6) is 0 Å². The van der Waals surface area contributed by atoms with E-state index in [1.54, 1.807) is 0 Å². The summed E-state index contributed by atoms with van der Waals surface area (Å²) in [6.45, 7) is 13.2. The Kier molecular flexibility index (Phi) is 7.80. The van der Waals surface area contributed by atoms with Crippen LogP contribution in [0.2, 0.25) is 0 Å². The highest BCUT2D eigenvalue weighted by atomic mass is 15.2. The van der Waals surface area contributed by atoms with Crippen LogP contribution < -0.4 is 0 Å². The Morgan fingerprint density at radius 3 is 2.28 bits per heavy atom. The zero-order valence-electron chi connectivity index (χ0n) is 20.8. The number of benzene rings is 3. The Balaban J connectivity index is 1.95. The van der Waals surface area contributed by atoms with Gasteiger partial charge < -0.3 is 0 Å². The molecule has 0 amide bonds. The molecule has 2 nitrogen and oxygen atoms in total. The standard InChI is InChI=1S/C30H37N2/c1-8-9-13-28-19-26(16-21(2)24(28)5)18-23(4)32(7)31-29-17-22(3)25(6)30(20-29)27-14-11-10-12-15-27/h10-12,14-20H,8-9,13H2,1-7H3/q+1. The van der Waals surface area contributed by atoms with Gasteiger partial charge in [-0.2, -0.15) is 0 Å². The molecule has 0 aliphatic heterocycles. The minimum Gasteiger partial charge on any atom is -0.0909 e. The second-order valence-electron chi connectivity index (χ2n) is 8.94. The molecule has 0 spiro atoms. The molecule has 3 aromatic rings. The van der Waals surface area contributed by atoms with Crippen molar-refractivity contribution in [2.24, 2.45) is 5.11 Å². The van der Waals surface area contributed by atoms with Crippen LogP contribution in [0.1, 0.15) is 60.1 Å². The number of azo groups is 2. The second-order valence-corrected chi connectivity index (χ2v) is 8.94. The van der Waals surface area contributed by atoms with Crippen LogP contribution in [0.3, 0.4) is 0 Å². The topological polar surface area (TPSA) is 15.4 Å². The molecular weight excluding hydrogens is 388 g/mol. The van der Waals surface area contributed by atoms with Crippen molar-refractivity contribution in [3.8, 4) is 11.1 Å². The highest BCUT2D eigenvalue weighted by Gasteiger charge is 2.11. The maximum absolute atomic E-state index is 4.92. The Labute approximate surface area is 194 Å². The van der Waals surface area contributed by atoms with Gasteiger partial charge in [-0.05, 0) is 102 Å². The Hall–Kier alpha value is -3.00. The largest absolute Gasteiger partial charge is 0.205 e. The first kappa shape index (κ1) is 23.7. The molecule has 0 aliphatic carbocycles. The fourth-order valence-electron chi connectivity index (χ4n) is 4.08. The summed E-state index contributed by atoms with van der Waals surface area (Å²) >= 11 is 0. The normalized spacial score (nSPS) is 12.3. The first-order valence-electron chi connectivity index (χ1n) is 11.7. The molecule has 0 saturated carbocycles. The first-order valence-corrected chi connectivity index (χ1v) is 11.7. The number of aryl methyl sites for hydroxylation is 3. The maximum Gasteiger partial charge on any atom is 0.205 e. The zero-order chi connectivity index (χ0) is 23.3. The van der Waals surface area contributed by atoms with Crippen LogP contribution in [0.15, 0.2) is 65.4 Å². The van der Waals surface area contributed by atoms with E-state index in [1.807, 2.05) is 11.7 Å². The van der Waals surface area contributed by atoms with Gasteiger partial charge in [0.15, 0.2) is 7.05 Å². The van der Waals surface area contributed by atoms with Crippen molar-refractivity contribution in [2.75, 3.05) is 7.05 Å². The Morgan fingerprint density at radius 1 is 0.906 bits per heavy atom. The SMILES string of the molecule is CCCCc1cc(C=C(C)[N+](C)=Nc2cc(C)c(C)c(-c3ccccc3)c2)cc(C)c1C. The quantitative estimate of drug-likeness (QED) is 0.266. The zero-order valence-corrected chi connectivity index (χ0v) is 20.8. The summed E-state index contributed by atoms with van der Waals surface area (Å²) in [5, 5.41) is 4.92.